The topological polar surface area (TPSA) is 41.9 Å². The summed E-state index contributed by atoms with van der Waals surface area (Å²) in [4.78, 5) is 2.32. The first-order valence-corrected chi connectivity index (χ1v) is 7.39. The van der Waals surface area contributed by atoms with Crippen LogP contribution in [0.2, 0.25) is 5.02 Å². The molecule has 20 heavy (non-hydrogen) atoms. The van der Waals surface area contributed by atoms with E-state index in [1.807, 2.05) is 6.07 Å². The first kappa shape index (κ1) is 15.6. The van der Waals surface area contributed by atoms with E-state index in [-0.39, 0.29) is 6.10 Å². The Labute approximate surface area is 125 Å². The molecule has 0 bridgehead atoms. The molecule has 1 aromatic rings. The summed E-state index contributed by atoms with van der Waals surface area (Å²) in [5, 5.41) is 11.0. The fraction of sp³-hybridized carbons (Fsp3) is 0.600. The number of aliphatic hydroxyl groups is 1. The minimum Gasteiger partial charge on any atom is -0.495 e. The van der Waals surface area contributed by atoms with Crippen molar-refractivity contribution < 1.29 is 14.6 Å². The van der Waals surface area contributed by atoms with Crippen LogP contribution in [-0.2, 0) is 4.74 Å². The van der Waals surface area contributed by atoms with Crippen LogP contribution in [0.4, 0.5) is 0 Å². The Kier molecular flexibility index (Phi) is 5.66. The highest BCUT2D eigenvalue weighted by Gasteiger charge is 2.28. The van der Waals surface area contributed by atoms with Crippen molar-refractivity contribution in [3.63, 3.8) is 0 Å². The molecule has 1 heterocycles. The summed E-state index contributed by atoms with van der Waals surface area (Å²) in [5.41, 5.74) is 0.773. The molecule has 0 radical (unpaired) electrons. The molecule has 0 amide bonds. The standard InChI is InChI=1S/C15H22ClNO3/c1-3-6-17-7-8-20-14(10-17)15(18)11-4-5-12(16)13(9-11)19-2/h4-5,9,14-15,18H,3,6-8,10H2,1-2H3. The summed E-state index contributed by atoms with van der Waals surface area (Å²) < 4.78 is 10.9. The third-order valence-electron chi connectivity index (χ3n) is 3.59. The normalized spacial score (nSPS) is 21.7. The molecule has 1 N–H and O–H groups in total. The quantitative estimate of drug-likeness (QED) is 0.907. The SMILES string of the molecule is CCCN1CCOC(C(O)c2ccc(Cl)c(OC)c2)C1. The Bertz CT molecular complexity index is 439. The largest absolute Gasteiger partial charge is 0.495 e. The highest BCUT2D eigenvalue weighted by atomic mass is 35.5. The molecule has 1 fully saturated rings. The Morgan fingerprint density at radius 1 is 1.55 bits per heavy atom. The summed E-state index contributed by atoms with van der Waals surface area (Å²) in [6, 6.07) is 5.33. The third kappa shape index (κ3) is 3.64. The zero-order chi connectivity index (χ0) is 14.5. The van der Waals surface area contributed by atoms with E-state index >= 15 is 0 Å². The lowest BCUT2D eigenvalue weighted by atomic mass is 10.0. The average molecular weight is 300 g/mol. The van der Waals surface area contributed by atoms with Gasteiger partial charge in [-0.1, -0.05) is 24.6 Å². The van der Waals surface area contributed by atoms with Crippen LogP contribution in [0.25, 0.3) is 0 Å². The lowest BCUT2D eigenvalue weighted by molar-refractivity contribution is -0.0898. The van der Waals surface area contributed by atoms with Gasteiger partial charge >= 0.3 is 0 Å². The van der Waals surface area contributed by atoms with E-state index in [1.165, 1.54) is 0 Å². The number of hydrogen-bond acceptors (Lipinski definition) is 4. The van der Waals surface area contributed by atoms with Crippen LogP contribution >= 0.6 is 11.6 Å². The second kappa shape index (κ2) is 7.27. The van der Waals surface area contributed by atoms with E-state index in [0.29, 0.717) is 17.4 Å². The summed E-state index contributed by atoms with van der Waals surface area (Å²) in [7, 11) is 1.57. The van der Waals surface area contributed by atoms with E-state index in [2.05, 4.69) is 11.8 Å². The van der Waals surface area contributed by atoms with Crippen molar-refractivity contribution in [3.8, 4) is 5.75 Å². The zero-order valence-electron chi connectivity index (χ0n) is 12.0. The monoisotopic (exact) mass is 299 g/mol. The highest BCUT2D eigenvalue weighted by molar-refractivity contribution is 6.32. The molecule has 1 aliphatic rings. The molecule has 2 unspecified atom stereocenters. The van der Waals surface area contributed by atoms with Crippen LogP contribution in [0.15, 0.2) is 18.2 Å². The maximum absolute atomic E-state index is 10.5. The molecule has 2 rings (SSSR count). The van der Waals surface area contributed by atoms with Gasteiger partial charge in [0.05, 0.1) is 18.7 Å². The van der Waals surface area contributed by atoms with Crippen LogP contribution in [0.3, 0.4) is 0 Å². The number of nitrogens with zero attached hydrogens (tertiary/aromatic N) is 1. The summed E-state index contributed by atoms with van der Waals surface area (Å²) in [5.74, 6) is 0.574. The van der Waals surface area contributed by atoms with E-state index in [4.69, 9.17) is 21.1 Å². The molecule has 4 nitrogen and oxygen atoms in total. The van der Waals surface area contributed by atoms with Gasteiger partial charge in [-0.3, -0.25) is 4.90 Å². The predicted octanol–water partition coefficient (Wildman–Crippen LogP) is 2.49. The minimum atomic E-state index is -0.666. The second-order valence-corrected chi connectivity index (χ2v) is 5.46. The van der Waals surface area contributed by atoms with Crippen molar-refractivity contribution in [2.45, 2.75) is 25.6 Å². The number of benzene rings is 1. The summed E-state index contributed by atoms with van der Waals surface area (Å²) in [6.45, 7) is 5.54. The maximum atomic E-state index is 10.5. The van der Waals surface area contributed by atoms with Crippen molar-refractivity contribution in [1.82, 2.24) is 4.90 Å². The van der Waals surface area contributed by atoms with Crippen LogP contribution in [-0.4, -0.2) is 49.5 Å². The highest BCUT2D eigenvalue weighted by Crippen LogP contribution is 2.30. The third-order valence-corrected chi connectivity index (χ3v) is 3.90. The lowest BCUT2D eigenvalue weighted by Gasteiger charge is -2.35. The molecular formula is C15H22ClNO3. The molecule has 0 aromatic heterocycles. The molecule has 0 spiro atoms. The first-order valence-electron chi connectivity index (χ1n) is 7.01. The summed E-state index contributed by atoms with van der Waals surface area (Å²) in [6.07, 6.45) is 0.236. The van der Waals surface area contributed by atoms with E-state index in [9.17, 15) is 5.11 Å². The zero-order valence-corrected chi connectivity index (χ0v) is 12.8. The van der Waals surface area contributed by atoms with Crippen molar-refractivity contribution in [2.24, 2.45) is 0 Å². The van der Waals surface area contributed by atoms with Gasteiger partial charge in [-0.25, -0.2) is 0 Å². The van der Waals surface area contributed by atoms with E-state index in [1.54, 1.807) is 19.2 Å². The first-order chi connectivity index (χ1) is 9.65. The Balaban J connectivity index is 2.08. The lowest BCUT2D eigenvalue weighted by Crippen LogP contribution is -2.45. The number of rotatable bonds is 5. The predicted molar refractivity (Wildman–Crippen MR) is 79.4 cm³/mol. The number of morpholine rings is 1. The van der Waals surface area contributed by atoms with Gasteiger partial charge in [0.2, 0.25) is 0 Å². The van der Waals surface area contributed by atoms with Crippen molar-refractivity contribution >= 4 is 11.6 Å². The van der Waals surface area contributed by atoms with Crippen molar-refractivity contribution in [3.05, 3.63) is 28.8 Å². The molecule has 5 heteroatoms. The Morgan fingerprint density at radius 2 is 2.35 bits per heavy atom. The Hall–Kier alpha value is -0.810. The number of halogens is 1. The molecule has 0 aliphatic carbocycles. The fourth-order valence-corrected chi connectivity index (χ4v) is 2.71. The van der Waals surface area contributed by atoms with Crippen molar-refractivity contribution in [1.29, 1.82) is 0 Å². The fourth-order valence-electron chi connectivity index (χ4n) is 2.52. The molecule has 1 aromatic carbocycles. The van der Waals surface area contributed by atoms with Crippen LogP contribution in [0, 0.1) is 0 Å². The minimum absolute atomic E-state index is 0.207. The van der Waals surface area contributed by atoms with E-state index in [0.717, 1.165) is 31.6 Å². The van der Waals surface area contributed by atoms with Gasteiger partial charge < -0.3 is 14.6 Å². The second-order valence-electron chi connectivity index (χ2n) is 5.05. The van der Waals surface area contributed by atoms with E-state index < -0.39 is 6.10 Å². The number of ether oxygens (including phenoxy) is 2. The summed E-state index contributed by atoms with van der Waals surface area (Å²) >= 11 is 6.01. The molecule has 0 saturated carbocycles. The molecule has 1 aliphatic heterocycles. The van der Waals surface area contributed by atoms with Gasteiger partial charge in [-0.15, -0.1) is 0 Å². The van der Waals surface area contributed by atoms with Crippen LogP contribution < -0.4 is 4.74 Å². The van der Waals surface area contributed by atoms with Gasteiger partial charge in [0.25, 0.3) is 0 Å². The van der Waals surface area contributed by atoms with Crippen molar-refractivity contribution in [2.75, 3.05) is 33.4 Å². The maximum Gasteiger partial charge on any atom is 0.137 e. The molecule has 112 valence electrons. The number of aliphatic hydroxyl groups excluding tert-OH is 1. The van der Waals surface area contributed by atoms with Crippen LogP contribution in [0.1, 0.15) is 25.0 Å². The average Bonchev–Trinajstić information content (AvgIpc) is 2.48. The Morgan fingerprint density at radius 3 is 3.05 bits per heavy atom. The van der Waals surface area contributed by atoms with Gasteiger partial charge in [-0.2, -0.15) is 0 Å². The van der Waals surface area contributed by atoms with Gasteiger partial charge in [0, 0.05) is 13.1 Å². The molecule has 1 saturated heterocycles. The van der Waals surface area contributed by atoms with Crippen LogP contribution in [0.5, 0.6) is 5.75 Å². The molecular weight excluding hydrogens is 278 g/mol. The smallest absolute Gasteiger partial charge is 0.137 e. The van der Waals surface area contributed by atoms with Gasteiger partial charge in [-0.05, 0) is 30.7 Å². The number of methoxy groups -OCH3 is 1. The van der Waals surface area contributed by atoms with Gasteiger partial charge in [0.15, 0.2) is 0 Å². The molecule has 2 atom stereocenters. The van der Waals surface area contributed by atoms with Gasteiger partial charge in [0.1, 0.15) is 18.0 Å². The number of hydrogen-bond donors (Lipinski definition) is 1.